The molecule has 3 rings (SSSR count). The van der Waals surface area contributed by atoms with Crippen LogP contribution in [0, 0.1) is 0 Å². The van der Waals surface area contributed by atoms with Gasteiger partial charge >= 0.3 is 12.2 Å². The first-order valence-corrected chi connectivity index (χ1v) is 8.84. The van der Waals surface area contributed by atoms with Crippen LogP contribution >= 0.6 is 0 Å². The number of benzene rings is 2. The van der Waals surface area contributed by atoms with E-state index in [0.717, 1.165) is 22.0 Å². The van der Waals surface area contributed by atoms with Gasteiger partial charge < -0.3 is 20.1 Å². The first kappa shape index (κ1) is 19.7. The van der Waals surface area contributed by atoms with E-state index >= 15 is 0 Å². The topological polar surface area (TPSA) is 133 Å². The monoisotopic (exact) mass is 396 g/mol. The average molecular weight is 396 g/mol. The fraction of sp³-hybridized carbons (Fsp3) is 0.150. The molecule has 3 aromatic rings. The zero-order chi connectivity index (χ0) is 20.6. The third-order valence-electron chi connectivity index (χ3n) is 4.21. The Kier molecular flexibility index (Phi) is 6.31. The van der Waals surface area contributed by atoms with Gasteiger partial charge in [0.25, 0.3) is 5.91 Å². The van der Waals surface area contributed by atoms with E-state index in [1.807, 2.05) is 42.5 Å². The number of carboxylic acid groups (broad SMARTS) is 1. The first-order valence-electron chi connectivity index (χ1n) is 8.84. The molecule has 0 aliphatic heterocycles. The smallest absolute Gasteiger partial charge is 0.423 e. The Balaban J connectivity index is 1.69. The molecule has 0 saturated carbocycles. The van der Waals surface area contributed by atoms with Crippen molar-refractivity contribution in [1.82, 2.24) is 21.2 Å². The Hall–Kier alpha value is -4.01. The molecule has 5 N–H and O–H groups in total. The van der Waals surface area contributed by atoms with Crippen molar-refractivity contribution < 1.29 is 24.2 Å². The molecule has 9 nitrogen and oxygen atoms in total. The lowest BCUT2D eigenvalue weighted by atomic mass is 10.0. The van der Waals surface area contributed by atoms with Gasteiger partial charge in [-0.2, -0.15) is 0 Å². The fourth-order valence-corrected chi connectivity index (χ4v) is 2.84. The average Bonchev–Trinajstić information content (AvgIpc) is 3.13. The van der Waals surface area contributed by atoms with Crippen LogP contribution in [0.5, 0.6) is 0 Å². The van der Waals surface area contributed by atoms with Crippen LogP contribution in [0.15, 0.2) is 60.8 Å². The van der Waals surface area contributed by atoms with Gasteiger partial charge in [-0.3, -0.25) is 10.2 Å². The van der Waals surface area contributed by atoms with Crippen molar-refractivity contribution >= 4 is 29.0 Å². The second-order valence-electron chi connectivity index (χ2n) is 6.24. The van der Waals surface area contributed by atoms with Crippen LogP contribution in [0.25, 0.3) is 10.9 Å². The molecule has 2 aromatic carbocycles. The molecular formula is C20H20N4O5. The second kappa shape index (κ2) is 9.27. The van der Waals surface area contributed by atoms with E-state index in [1.54, 1.807) is 23.8 Å². The number of amides is 3. The number of hydrogen-bond acceptors (Lipinski definition) is 4. The number of aromatic amines is 1. The van der Waals surface area contributed by atoms with Gasteiger partial charge in [-0.25, -0.2) is 15.0 Å². The summed E-state index contributed by atoms with van der Waals surface area (Å²) in [5.41, 5.74) is 6.32. The Morgan fingerprint density at radius 2 is 1.72 bits per heavy atom. The normalized spacial score (nSPS) is 11.4. The van der Waals surface area contributed by atoms with Crippen LogP contribution in [0.3, 0.4) is 0 Å². The van der Waals surface area contributed by atoms with E-state index in [2.05, 4.69) is 15.7 Å². The molecule has 1 aromatic heterocycles. The van der Waals surface area contributed by atoms with Crippen LogP contribution < -0.4 is 16.2 Å². The van der Waals surface area contributed by atoms with Gasteiger partial charge in [0.15, 0.2) is 0 Å². The van der Waals surface area contributed by atoms with Crippen molar-refractivity contribution in [2.45, 2.75) is 19.1 Å². The third-order valence-corrected chi connectivity index (χ3v) is 4.21. The minimum Gasteiger partial charge on any atom is -0.464 e. The summed E-state index contributed by atoms with van der Waals surface area (Å²) in [6.07, 6.45) is -0.329. The fourth-order valence-electron chi connectivity index (χ4n) is 2.84. The molecule has 0 unspecified atom stereocenters. The summed E-state index contributed by atoms with van der Waals surface area (Å²) in [5.74, 6) is -0.714. The third kappa shape index (κ3) is 5.48. The quantitative estimate of drug-likeness (QED) is 0.408. The highest BCUT2D eigenvalue weighted by Crippen LogP contribution is 2.19. The van der Waals surface area contributed by atoms with E-state index in [0.29, 0.717) is 0 Å². The molecule has 3 amide bonds. The van der Waals surface area contributed by atoms with Crippen LogP contribution in [0.4, 0.5) is 9.59 Å². The molecule has 1 atom stereocenters. The number of alkyl carbamates (subject to hydrolysis) is 1. The van der Waals surface area contributed by atoms with Crippen molar-refractivity contribution in [3.63, 3.8) is 0 Å². The molecule has 1 heterocycles. The summed E-state index contributed by atoms with van der Waals surface area (Å²) < 4.78 is 5.17. The molecular weight excluding hydrogens is 376 g/mol. The van der Waals surface area contributed by atoms with Crippen LogP contribution in [0.1, 0.15) is 11.1 Å². The van der Waals surface area contributed by atoms with Gasteiger partial charge in [-0.1, -0.05) is 48.5 Å². The zero-order valence-electron chi connectivity index (χ0n) is 15.3. The van der Waals surface area contributed by atoms with Crippen molar-refractivity contribution in [2.75, 3.05) is 0 Å². The summed E-state index contributed by atoms with van der Waals surface area (Å²) in [7, 11) is 0. The second-order valence-corrected chi connectivity index (χ2v) is 6.24. The number of hydrogen-bond donors (Lipinski definition) is 5. The van der Waals surface area contributed by atoms with Gasteiger partial charge in [-0.15, -0.1) is 0 Å². The van der Waals surface area contributed by atoms with Gasteiger partial charge in [0.05, 0.1) is 0 Å². The summed E-state index contributed by atoms with van der Waals surface area (Å²) in [4.78, 5) is 38.4. The number of rotatable bonds is 6. The van der Waals surface area contributed by atoms with Crippen LogP contribution in [-0.2, 0) is 22.6 Å². The van der Waals surface area contributed by atoms with E-state index in [4.69, 9.17) is 9.84 Å². The standard InChI is InChI=1S/C20H20N4O5/c25-18(23-24-19(26)27)17(10-14-11-21-16-9-5-4-8-15(14)16)22-20(28)29-12-13-6-2-1-3-7-13/h1-9,11,17,21,24H,10,12H2,(H,22,28)(H,23,25)(H,26,27)/t17-/m0/s1. The van der Waals surface area contributed by atoms with Gasteiger partial charge in [-0.05, 0) is 17.2 Å². The minimum absolute atomic E-state index is 0.0431. The maximum absolute atomic E-state index is 12.4. The number of para-hydroxylation sites is 1. The molecule has 0 spiro atoms. The molecule has 0 radical (unpaired) electrons. The largest absolute Gasteiger partial charge is 0.464 e. The summed E-state index contributed by atoms with van der Waals surface area (Å²) >= 11 is 0. The number of ether oxygens (including phenoxy) is 1. The van der Waals surface area contributed by atoms with Crippen molar-refractivity contribution in [3.8, 4) is 0 Å². The first-order chi connectivity index (χ1) is 14.0. The lowest BCUT2D eigenvalue weighted by molar-refractivity contribution is -0.123. The van der Waals surface area contributed by atoms with Crippen molar-refractivity contribution in [1.29, 1.82) is 0 Å². The molecule has 9 heteroatoms. The molecule has 0 aliphatic carbocycles. The van der Waals surface area contributed by atoms with Crippen LogP contribution in [0.2, 0.25) is 0 Å². The number of H-pyrrole nitrogens is 1. The number of carbonyl (C=O) groups is 3. The van der Waals surface area contributed by atoms with E-state index < -0.39 is 24.1 Å². The summed E-state index contributed by atoms with van der Waals surface area (Å²) in [6, 6.07) is 15.6. The Morgan fingerprint density at radius 1 is 1.00 bits per heavy atom. The van der Waals surface area contributed by atoms with Gasteiger partial charge in [0.2, 0.25) is 0 Å². The maximum Gasteiger partial charge on any atom is 0.423 e. The Labute approximate surface area is 166 Å². The van der Waals surface area contributed by atoms with E-state index in [1.165, 1.54) is 0 Å². The maximum atomic E-state index is 12.4. The predicted octanol–water partition coefficient (Wildman–Crippen LogP) is 2.30. The predicted molar refractivity (Wildman–Crippen MR) is 105 cm³/mol. The minimum atomic E-state index is -1.42. The Bertz CT molecular complexity index is 1000. The lowest BCUT2D eigenvalue weighted by Gasteiger charge is -2.18. The molecule has 0 bridgehead atoms. The lowest BCUT2D eigenvalue weighted by Crippen LogP contribution is -2.53. The SMILES string of the molecule is O=C(O)NNC(=O)[C@H](Cc1c[nH]c2ccccc12)NC(=O)OCc1ccccc1. The van der Waals surface area contributed by atoms with Crippen molar-refractivity contribution in [3.05, 3.63) is 71.9 Å². The Morgan fingerprint density at radius 3 is 2.48 bits per heavy atom. The van der Waals surface area contributed by atoms with Crippen molar-refractivity contribution in [2.24, 2.45) is 0 Å². The number of aromatic nitrogens is 1. The number of carbonyl (C=O) groups excluding carboxylic acids is 2. The number of fused-ring (bicyclic) bond motifs is 1. The molecule has 0 aliphatic rings. The van der Waals surface area contributed by atoms with Gasteiger partial charge in [0.1, 0.15) is 12.6 Å². The highest BCUT2D eigenvalue weighted by molar-refractivity contribution is 5.89. The van der Waals surface area contributed by atoms with Gasteiger partial charge in [0, 0.05) is 23.5 Å². The van der Waals surface area contributed by atoms with E-state index in [-0.39, 0.29) is 13.0 Å². The highest BCUT2D eigenvalue weighted by atomic mass is 16.5. The number of hydrazine groups is 1. The van der Waals surface area contributed by atoms with Crippen LogP contribution in [-0.4, -0.2) is 34.2 Å². The summed E-state index contributed by atoms with van der Waals surface area (Å²) in [6.45, 7) is 0.0431. The summed E-state index contributed by atoms with van der Waals surface area (Å²) in [5, 5.41) is 12.1. The molecule has 0 fully saturated rings. The molecule has 29 heavy (non-hydrogen) atoms. The molecule has 0 saturated heterocycles. The van der Waals surface area contributed by atoms with E-state index in [9.17, 15) is 14.4 Å². The zero-order valence-corrected chi connectivity index (χ0v) is 15.3. The number of nitrogens with one attached hydrogen (secondary N) is 4. The highest BCUT2D eigenvalue weighted by Gasteiger charge is 2.23. The molecule has 150 valence electrons.